The van der Waals surface area contributed by atoms with Gasteiger partial charge in [0, 0.05) is 26.2 Å². The average molecular weight is 351 g/mol. The summed E-state index contributed by atoms with van der Waals surface area (Å²) in [5, 5.41) is 9.22. The minimum atomic E-state index is -0.597. The smallest absolute Gasteiger partial charge is 0.232 e. The zero-order valence-corrected chi connectivity index (χ0v) is 15.1. The third-order valence-electron chi connectivity index (χ3n) is 5.04. The van der Waals surface area contributed by atoms with Crippen LogP contribution in [0.25, 0.3) is 0 Å². The first kappa shape index (κ1) is 17.9. The summed E-state index contributed by atoms with van der Waals surface area (Å²) in [6.07, 6.45) is 0. The molecule has 2 aromatic carbocycles. The Bertz CT molecular complexity index is 834. The fraction of sp³-hybridized carbons (Fsp3) is 0.333. The largest absolute Gasteiger partial charge is 0.367 e. The zero-order valence-electron chi connectivity index (χ0n) is 15.1. The molecule has 0 N–H and O–H groups in total. The molecule has 26 heavy (non-hydrogen) atoms. The lowest BCUT2D eigenvalue weighted by atomic mass is 9.83. The third kappa shape index (κ3) is 3.28. The molecule has 4 nitrogen and oxygen atoms in total. The lowest BCUT2D eigenvalue weighted by Crippen LogP contribution is -2.53. The van der Waals surface area contributed by atoms with Crippen molar-refractivity contribution in [2.45, 2.75) is 19.3 Å². The van der Waals surface area contributed by atoms with Gasteiger partial charge in [0.05, 0.1) is 11.1 Å². The Labute approximate surface area is 153 Å². The lowest BCUT2D eigenvalue weighted by molar-refractivity contribution is -0.136. The predicted octanol–water partition coefficient (Wildman–Crippen LogP) is 3.32. The number of carbonyl (C=O) groups excluding carboxylic acids is 1. The second kappa shape index (κ2) is 7.17. The molecule has 1 amide bonds. The van der Waals surface area contributed by atoms with Gasteiger partial charge in [-0.05, 0) is 31.5 Å². The van der Waals surface area contributed by atoms with E-state index in [1.54, 1.807) is 12.1 Å². The fourth-order valence-electron chi connectivity index (χ4n) is 3.41. The van der Waals surface area contributed by atoms with E-state index in [0.29, 0.717) is 31.9 Å². The van der Waals surface area contributed by atoms with E-state index in [9.17, 15) is 14.4 Å². The van der Waals surface area contributed by atoms with Crippen molar-refractivity contribution >= 4 is 11.6 Å². The Kier molecular flexibility index (Phi) is 4.94. The Morgan fingerprint density at radius 2 is 1.69 bits per heavy atom. The number of hydrogen-bond acceptors (Lipinski definition) is 3. The van der Waals surface area contributed by atoms with E-state index in [2.05, 4.69) is 0 Å². The maximum Gasteiger partial charge on any atom is 0.232 e. The van der Waals surface area contributed by atoms with Gasteiger partial charge in [-0.15, -0.1) is 0 Å². The Hall–Kier alpha value is -2.87. The van der Waals surface area contributed by atoms with Crippen LogP contribution < -0.4 is 4.90 Å². The molecule has 1 saturated heterocycles. The van der Waals surface area contributed by atoms with Crippen molar-refractivity contribution in [2.24, 2.45) is 0 Å². The van der Waals surface area contributed by atoms with Gasteiger partial charge in [0.15, 0.2) is 0 Å². The number of halogens is 1. The molecular weight excluding hydrogens is 329 g/mol. The summed E-state index contributed by atoms with van der Waals surface area (Å²) in [7, 11) is 0. The van der Waals surface area contributed by atoms with Crippen LogP contribution in [-0.2, 0) is 10.2 Å². The molecule has 2 aromatic rings. The molecule has 0 spiro atoms. The molecule has 1 aliphatic heterocycles. The number of nitriles is 1. The molecule has 3 rings (SSSR count). The number of hydrogen-bond donors (Lipinski definition) is 0. The third-order valence-corrected chi connectivity index (χ3v) is 5.04. The van der Waals surface area contributed by atoms with Crippen molar-refractivity contribution in [1.82, 2.24) is 4.90 Å². The fourth-order valence-corrected chi connectivity index (χ4v) is 3.41. The molecule has 1 fully saturated rings. The van der Waals surface area contributed by atoms with Gasteiger partial charge in [-0.2, -0.15) is 5.26 Å². The summed E-state index contributed by atoms with van der Waals surface area (Å²) in [4.78, 5) is 16.9. The van der Waals surface area contributed by atoms with Crippen LogP contribution in [0.3, 0.4) is 0 Å². The molecule has 0 saturated carbocycles. The summed E-state index contributed by atoms with van der Waals surface area (Å²) in [6.45, 7) is 6.14. The summed E-state index contributed by atoms with van der Waals surface area (Å²) >= 11 is 0. The van der Waals surface area contributed by atoms with E-state index >= 15 is 0 Å². The normalized spacial score (nSPS) is 14.8. The number of anilines is 1. The van der Waals surface area contributed by atoms with Gasteiger partial charge in [0.25, 0.3) is 0 Å². The van der Waals surface area contributed by atoms with Crippen LogP contribution in [0.1, 0.15) is 25.0 Å². The SMILES string of the molecule is CC(C)(C(=O)N1CCN(c2cccc(F)c2C#N)CC1)c1ccccc1. The van der Waals surface area contributed by atoms with Gasteiger partial charge in [0.2, 0.25) is 5.91 Å². The molecule has 1 aliphatic rings. The van der Waals surface area contributed by atoms with E-state index < -0.39 is 11.2 Å². The van der Waals surface area contributed by atoms with E-state index in [4.69, 9.17) is 0 Å². The maximum atomic E-state index is 13.8. The van der Waals surface area contributed by atoms with Crippen LogP contribution in [0, 0.1) is 17.1 Å². The Balaban J connectivity index is 1.72. The Morgan fingerprint density at radius 1 is 1.04 bits per heavy atom. The van der Waals surface area contributed by atoms with Crippen molar-refractivity contribution in [3.05, 3.63) is 65.5 Å². The van der Waals surface area contributed by atoms with Crippen LogP contribution in [0.2, 0.25) is 0 Å². The molecule has 134 valence electrons. The molecule has 0 aromatic heterocycles. The zero-order chi connectivity index (χ0) is 18.7. The number of piperazine rings is 1. The van der Waals surface area contributed by atoms with Gasteiger partial charge in [-0.25, -0.2) is 4.39 Å². The molecule has 0 aliphatic carbocycles. The van der Waals surface area contributed by atoms with Crippen molar-refractivity contribution < 1.29 is 9.18 Å². The van der Waals surface area contributed by atoms with Crippen molar-refractivity contribution in [1.29, 1.82) is 5.26 Å². The molecule has 0 bridgehead atoms. The van der Waals surface area contributed by atoms with E-state index in [1.165, 1.54) is 6.07 Å². The first-order chi connectivity index (χ1) is 12.4. The summed E-state index contributed by atoms with van der Waals surface area (Å²) in [6, 6.07) is 16.4. The Morgan fingerprint density at radius 3 is 2.31 bits per heavy atom. The molecule has 5 heteroatoms. The van der Waals surface area contributed by atoms with Gasteiger partial charge in [-0.3, -0.25) is 4.79 Å². The highest BCUT2D eigenvalue weighted by Crippen LogP contribution is 2.28. The van der Waals surface area contributed by atoms with E-state index in [-0.39, 0.29) is 11.5 Å². The summed E-state index contributed by atoms with van der Waals surface area (Å²) in [5.74, 6) is -0.420. The van der Waals surface area contributed by atoms with Crippen LogP contribution in [-0.4, -0.2) is 37.0 Å². The second-order valence-electron chi connectivity index (χ2n) is 7.02. The molecule has 0 atom stereocenters. The van der Waals surface area contributed by atoms with Crippen LogP contribution in [0.5, 0.6) is 0 Å². The number of benzene rings is 2. The highest BCUT2D eigenvalue weighted by Gasteiger charge is 2.35. The average Bonchev–Trinajstić information content (AvgIpc) is 2.68. The lowest BCUT2D eigenvalue weighted by Gasteiger charge is -2.40. The quantitative estimate of drug-likeness (QED) is 0.852. The molecule has 0 radical (unpaired) electrons. The summed E-state index contributed by atoms with van der Waals surface area (Å²) < 4.78 is 13.8. The monoisotopic (exact) mass is 351 g/mol. The molecule has 1 heterocycles. The minimum absolute atomic E-state index is 0.0666. The van der Waals surface area contributed by atoms with Crippen molar-refractivity contribution in [2.75, 3.05) is 31.1 Å². The first-order valence-electron chi connectivity index (χ1n) is 8.73. The summed E-state index contributed by atoms with van der Waals surface area (Å²) in [5.41, 5.74) is 1.06. The standard InChI is InChI=1S/C21H22FN3O/c1-21(2,16-7-4-3-5-8-16)20(26)25-13-11-24(12-14-25)19-10-6-9-18(22)17(19)15-23/h3-10H,11-14H2,1-2H3. The van der Waals surface area contributed by atoms with Crippen LogP contribution >= 0.6 is 0 Å². The predicted molar refractivity (Wildman–Crippen MR) is 99.4 cm³/mol. The van der Waals surface area contributed by atoms with E-state index in [1.807, 2.05) is 60.0 Å². The number of rotatable bonds is 3. The van der Waals surface area contributed by atoms with Crippen LogP contribution in [0.4, 0.5) is 10.1 Å². The minimum Gasteiger partial charge on any atom is -0.367 e. The number of nitrogens with zero attached hydrogens (tertiary/aromatic N) is 3. The highest BCUT2D eigenvalue weighted by atomic mass is 19.1. The van der Waals surface area contributed by atoms with Gasteiger partial charge in [0.1, 0.15) is 17.4 Å². The molecular formula is C21H22FN3O. The highest BCUT2D eigenvalue weighted by molar-refractivity contribution is 5.87. The van der Waals surface area contributed by atoms with Gasteiger partial charge >= 0.3 is 0 Å². The van der Waals surface area contributed by atoms with Gasteiger partial charge < -0.3 is 9.80 Å². The number of amides is 1. The second-order valence-corrected chi connectivity index (χ2v) is 7.02. The van der Waals surface area contributed by atoms with E-state index in [0.717, 1.165) is 5.56 Å². The first-order valence-corrected chi connectivity index (χ1v) is 8.73. The van der Waals surface area contributed by atoms with Crippen molar-refractivity contribution in [3.63, 3.8) is 0 Å². The maximum absolute atomic E-state index is 13.8. The van der Waals surface area contributed by atoms with Crippen LogP contribution in [0.15, 0.2) is 48.5 Å². The van der Waals surface area contributed by atoms with Crippen molar-refractivity contribution in [3.8, 4) is 6.07 Å². The number of carbonyl (C=O) groups is 1. The van der Waals surface area contributed by atoms with Gasteiger partial charge in [-0.1, -0.05) is 36.4 Å². The topological polar surface area (TPSA) is 47.3 Å². The molecule has 0 unspecified atom stereocenters.